The fraction of sp³-hybridized carbons (Fsp3) is 0.176. The van der Waals surface area contributed by atoms with Crippen molar-refractivity contribution in [1.29, 1.82) is 0 Å². The highest BCUT2D eigenvalue weighted by molar-refractivity contribution is 5.94. The number of hydrogen-bond donors (Lipinski definition) is 1. The maximum atomic E-state index is 12.4. The molecule has 0 aliphatic heterocycles. The molecule has 0 spiro atoms. The van der Waals surface area contributed by atoms with Crippen LogP contribution in [0, 0.1) is 0 Å². The highest BCUT2D eigenvalue weighted by atomic mass is 16.3. The lowest BCUT2D eigenvalue weighted by Gasteiger charge is -2.13. The molecule has 1 atom stereocenters. The summed E-state index contributed by atoms with van der Waals surface area (Å²) in [7, 11) is 1.83. The van der Waals surface area contributed by atoms with E-state index in [1.165, 1.54) is 0 Å². The van der Waals surface area contributed by atoms with Crippen molar-refractivity contribution in [3.05, 3.63) is 78.1 Å². The van der Waals surface area contributed by atoms with Gasteiger partial charge in [-0.25, -0.2) is 4.98 Å². The van der Waals surface area contributed by atoms with E-state index in [0.29, 0.717) is 11.5 Å². The molecule has 2 aromatic heterocycles. The monoisotopic (exact) mass is 295 g/mol. The maximum absolute atomic E-state index is 12.4. The minimum atomic E-state index is -0.850. The second-order valence-electron chi connectivity index (χ2n) is 5.15. The molecule has 0 fully saturated rings. The van der Waals surface area contributed by atoms with Crippen LogP contribution in [0.25, 0.3) is 0 Å². The molecule has 3 rings (SSSR count). The van der Waals surface area contributed by atoms with Gasteiger partial charge in [-0.3, -0.25) is 4.79 Å². The average molecular weight is 295 g/mol. The number of nitrogens with zero attached hydrogens (tertiary/aromatic N) is 3. The van der Waals surface area contributed by atoms with Crippen molar-refractivity contribution in [1.82, 2.24) is 14.1 Å². The summed E-state index contributed by atoms with van der Waals surface area (Å²) >= 11 is 0. The normalized spacial score (nSPS) is 12.3. The van der Waals surface area contributed by atoms with Crippen molar-refractivity contribution in [3.63, 3.8) is 0 Å². The summed E-state index contributed by atoms with van der Waals surface area (Å²) in [4.78, 5) is 16.6. The summed E-state index contributed by atoms with van der Waals surface area (Å²) in [5.41, 5.74) is 1.38. The maximum Gasteiger partial charge on any atom is 0.198 e. The topological polar surface area (TPSA) is 60.0 Å². The molecule has 0 amide bonds. The van der Waals surface area contributed by atoms with Crippen molar-refractivity contribution in [2.24, 2.45) is 7.05 Å². The van der Waals surface area contributed by atoms with E-state index in [2.05, 4.69) is 4.98 Å². The quantitative estimate of drug-likeness (QED) is 0.734. The van der Waals surface area contributed by atoms with Crippen LogP contribution in [0.4, 0.5) is 0 Å². The Balaban J connectivity index is 1.84. The fourth-order valence-electron chi connectivity index (χ4n) is 2.47. The standard InChI is InChI=1S/C17H17N3O2/c1-19-10-5-8-14(19)15(21)12-20-11-9-18-17(20)16(22)13-6-3-2-4-7-13/h2-11,16,22H,12H2,1H3. The number of aliphatic hydroxyl groups excluding tert-OH is 1. The summed E-state index contributed by atoms with van der Waals surface area (Å²) in [6.45, 7) is 0.150. The number of rotatable bonds is 5. The van der Waals surface area contributed by atoms with Crippen molar-refractivity contribution in [2.75, 3.05) is 0 Å². The van der Waals surface area contributed by atoms with Crippen molar-refractivity contribution in [2.45, 2.75) is 12.6 Å². The van der Waals surface area contributed by atoms with Gasteiger partial charge < -0.3 is 14.2 Å². The van der Waals surface area contributed by atoms with Gasteiger partial charge in [-0.2, -0.15) is 0 Å². The first-order valence-electron chi connectivity index (χ1n) is 7.05. The molecule has 1 aromatic carbocycles. The Hall–Kier alpha value is -2.66. The Bertz CT molecular complexity index is 774. The van der Waals surface area contributed by atoms with Gasteiger partial charge in [0, 0.05) is 25.6 Å². The highest BCUT2D eigenvalue weighted by Gasteiger charge is 2.18. The van der Waals surface area contributed by atoms with Crippen LogP contribution in [-0.4, -0.2) is 25.0 Å². The Morgan fingerprint density at radius 2 is 1.95 bits per heavy atom. The first-order valence-corrected chi connectivity index (χ1v) is 7.05. The molecule has 0 aliphatic rings. The summed E-state index contributed by atoms with van der Waals surface area (Å²) in [5, 5.41) is 10.5. The Labute approximate surface area is 128 Å². The van der Waals surface area contributed by atoms with E-state index in [-0.39, 0.29) is 12.3 Å². The lowest BCUT2D eigenvalue weighted by atomic mass is 10.1. The summed E-state index contributed by atoms with van der Waals surface area (Å²) in [6.07, 6.45) is 4.29. The number of imidazole rings is 1. The Kier molecular flexibility index (Phi) is 3.89. The van der Waals surface area contributed by atoms with E-state index in [0.717, 1.165) is 5.56 Å². The molecule has 5 nitrogen and oxygen atoms in total. The van der Waals surface area contributed by atoms with Crippen molar-refractivity contribution >= 4 is 5.78 Å². The number of hydrogen-bond acceptors (Lipinski definition) is 3. The smallest absolute Gasteiger partial charge is 0.198 e. The van der Waals surface area contributed by atoms with Crippen LogP contribution in [0.2, 0.25) is 0 Å². The third-order valence-corrected chi connectivity index (χ3v) is 3.65. The highest BCUT2D eigenvalue weighted by Crippen LogP contribution is 2.20. The number of ketones is 1. The van der Waals surface area contributed by atoms with Crippen LogP contribution in [0.1, 0.15) is 28.0 Å². The van der Waals surface area contributed by atoms with Gasteiger partial charge in [-0.15, -0.1) is 0 Å². The zero-order chi connectivity index (χ0) is 15.5. The SMILES string of the molecule is Cn1cccc1C(=O)Cn1ccnc1C(O)c1ccccc1. The number of carbonyl (C=O) groups is 1. The minimum absolute atomic E-state index is 0.0213. The molecule has 3 aromatic rings. The largest absolute Gasteiger partial charge is 0.380 e. The second kappa shape index (κ2) is 5.99. The van der Waals surface area contributed by atoms with Gasteiger partial charge in [0.05, 0.1) is 12.2 Å². The van der Waals surface area contributed by atoms with Crippen LogP contribution in [-0.2, 0) is 13.6 Å². The molecule has 0 saturated carbocycles. The molecule has 1 N–H and O–H groups in total. The molecule has 0 aliphatic carbocycles. The lowest BCUT2D eigenvalue weighted by molar-refractivity contribution is 0.0959. The van der Waals surface area contributed by atoms with Gasteiger partial charge >= 0.3 is 0 Å². The van der Waals surface area contributed by atoms with Gasteiger partial charge in [0.25, 0.3) is 0 Å². The number of Topliss-reactive ketones (excluding diaryl/α,β-unsaturated/α-hetero) is 1. The summed E-state index contributed by atoms with van der Waals surface area (Å²) in [6, 6.07) is 12.9. The van der Waals surface area contributed by atoms with Crippen LogP contribution in [0.15, 0.2) is 61.1 Å². The summed E-state index contributed by atoms with van der Waals surface area (Å²) in [5.74, 6) is 0.445. The van der Waals surface area contributed by atoms with E-state index >= 15 is 0 Å². The lowest BCUT2D eigenvalue weighted by Crippen LogP contribution is -2.17. The van der Waals surface area contributed by atoms with Gasteiger partial charge in [0.15, 0.2) is 5.78 Å². The molecule has 1 unspecified atom stereocenters. The molecule has 5 heteroatoms. The third kappa shape index (κ3) is 2.71. The van der Waals surface area contributed by atoms with Crippen LogP contribution in [0.5, 0.6) is 0 Å². The molecule has 22 heavy (non-hydrogen) atoms. The minimum Gasteiger partial charge on any atom is -0.380 e. The van der Waals surface area contributed by atoms with Gasteiger partial charge in [0.1, 0.15) is 11.9 Å². The zero-order valence-electron chi connectivity index (χ0n) is 12.3. The number of aromatic nitrogens is 3. The van der Waals surface area contributed by atoms with E-state index in [1.54, 1.807) is 27.6 Å². The van der Waals surface area contributed by atoms with Gasteiger partial charge in [0.2, 0.25) is 0 Å². The molecule has 0 bridgehead atoms. The van der Waals surface area contributed by atoms with Crippen molar-refractivity contribution < 1.29 is 9.90 Å². The molecule has 112 valence electrons. The van der Waals surface area contributed by atoms with Gasteiger partial charge in [-0.1, -0.05) is 30.3 Å². The number of aliphatic hydroxyl groups is 1. The third-order valence-electron chi connectivity index (χ3n) is 3.65. The number of benzene rings is 1. The van der Waals surface area contributed by atoms with Crippen LogP contribution in [0.3, 0.4) is 0 Å². The Morgan fingerprint density at radius 3 is 2.64 bits per heavy atom. The summed E-state index contributed by atoms with van der Waals surface area (Å²) < 4.78 is 3.47. The average Bonchev–Trinajstić information content (AvgIpc) is 3.16. The molecule has 0 radical (unpaired) electrons. The van der Waals surface area contributed by atoms with E-state index in [1.807, 2.05) is 49.6 Å². The fourth-order valence-corrected chi connectivity index (χ4v) is 2.47. The Morgan fingerprint density at radius 1 is 1.18 bits per heavy atom. The van der Waals surface area contributed by atoms with Gasteiger partial charge in [-0.05, 0) is 17.7 Å². The predicted molar refractivity (Wildman–Crippen MR) is 82.5 cm³/mol. The van der Waals surface area contributed by atoms with E-state index in [9.17, 15) is 9.90 Å². The molecular formula is C17H17N3O2. The second-order valence-corrected chi connectivity index (χ2v) is 5.15. The molecule has 0 saturated heterocycles. The van der Waals surface area contributed by atoms with Crippen molar-refractivity contribution in [3.8, 4) is 0 Å². The molecule has 2 heterocycles. The first-order chi connectivity index (χ1) is 10.7. The van der Waals surface area contributed by atoms with Crippen LogP contribution < -0.4 is 0 Å². The predicted octanol–water partition coefficient (Wildman–Crippen LogP) is 2.19. The zero-order valence-corrected chi connectivity index (χ0v) is 12.3. The first kappa shape index (κ1) is 14.3. The molecular weight excluding hydrogens is 278 g/mol. The van der Waals surface area contributed by atoms with Crippen LogP contribution >= 0.6 is 0 Å². The van der Waals surface area contributed by atoms with E-state index < -0.39 is 6.10 Å². The number of carbonyl (C=O) groups excluding carboxylic acids is 1. The van der Waals surface area contributed by atoms with E-state index in [4.69, 9.17) is 0 Å². The number of aryl methyl sites for hydroxylation is 1.